The van der Waals surface area contributed by atoms with Crippen LogP contribution in [0.15, 0.2) is 48.9 Å². The molecule has 3 aliphatic heterocycles. The number of likely N-dealkylation sites (tertiary alicyclic amines) is 2. The summed E-state index contributed by atoms with van der Waals surface area (Å²) >= 11 is 0. The zero-order valence-electron chi connectivity index (χ0n) is 23.1. The van der Waals surface area contributed by atoms with Crippen molar-refractivity contribution in [1.82, 2.24) is 29.8 Å². The fraction of sp³-hybridized carbons (Fsp3) is 0.467. The Labute approximate surface area is 242 Å². The highest BCUT2D eigenvalue weighted by molar-refractivity contribution is 5.90. The topological polar surface area (TPSA) is 120 Å². The number of pyridine rings is 1. The van der Waals surface area contributed by atoms with E-state index in [-0.39, 0.29) is 24.3 Å². The summed E-state index contributed by atoms with van der Waals surface area (Å²) in [5, 5.41) is 17.8. The molecular formula is C30H31FN8O3. The lowest BCUT2D eigenvalue weighted by Crippen LogP contribution is -2.43. The van der Waals surface area contributed by atoms with Crippen LogP contribution in [0.3, 0.4) is 0 Å². The maximum atomic E-state index is 15.3. The van der Waals surface area contributed by atoms with E-state index in [4.69, 9.17) is 4.74 Å². The van der Waals surface area contributed by atoms with Crippen molar-refractivity contribution in [2.45, 2.75) is 37.3 Å². The highest BCUT2D eigenvalue weighted by Gasteiger charge is 2.71. The van der Waals surface area contributed by atoms with Crippen LogP contribution >= 0.6 is 0 Å². The van der Waals surface area contributed by atoms with Gasteiger partial charge in [0.1, 0.15) is 17.3 Å². The van der Waals surface area contributed by atoms with Crippen molar-refractivity contribution >= 4 is 17.7 Å². The molecule has 2 aromatic heterocycles. The van der Waals surface area contributed by atoms with Crippen LogP contribution < -0.4 is 4.90 Å². The summed E-state index contributed by atoms with van der Waals surface area (Å²) in [4.78, 5) is 35.5. The monoisotopic (exact) mass is 570 g/mol. The van der Waals surface area contributed by atoms with Gasteiger partial charge in [-0.3, -0.25) is 19.6 Å². The Balaban J connectivity index is 1.00. The van der Waals surface area contributed by atoms with Crippen molar-refractivity contribution in [3.05, 3.63) is 60.4 Å². The quantitative estimate of drug-likeness (QED) is 0.425. The molecule has 1 aliphatic carbocycles. The van der Waals surface area contributed by atoms with Gasteiger partial charge in [-0.05, 0) is 50.2 Å². The zero-order valence-corrected chi connectivity index (χ0v) is 23.1. The number of benzene rings is 1. The molecule has 4 fully saturated rings. The van der Waals surface area contributed by atoms with Crippen LogP contribution in [0.5, 0.6) is 0 Å². The number of cyclic esters (lactones) is 1. The fourth-order valence-corrected chi connectivity index (χ4v) is 6.92. The van der Waals surface area contributed by atoms with Crippen molar-refractivity contribution in [1.29, 1.82) is 5.26 Å². The highest BCUT2D eigenvalue weighted by Crippen LogP contribution is 2.62. The molecule has 1 aromatic carbocycles. The van der Waals surface area contributed by atoms with Crippen molar-refractivity contribution < 1.29 is 18.7 Å². The Hall–Kier alpha value is -4.37. The molecule has 0 spiro atoms. The second-order valence-corrected chi connectivity index (χ2v) is 11.7. The minimum absolute atomic E-state index is 0.0655. The number of piperidine rings is 2. The first-order valence-corrected chi connectivity index (χ1v) is 14.5. The lowest BCUT2D eigenvalue weighted by atomic mass is 9.95. The van der Waals surface area contributed by atoms with Crippen LogP contribution in [0.2, 0.25) is 0 Å². The molecule has 5 heterocycles. The summed E-state index contributed by atoms with van der Waals surface area (Å²) < 4.78 is 22.3. The predicted molar refractivity (Wildman–Crippen MR) is 148 cm³/mol. The molecule has 7 rings (SSSR count). The molecule has 11 nitrogen and oxygen atoms in total. The second-order valence-electron chi connectivity index (χ2n) is 11.7. The number of carbonyl (C=O) groups excluding carboxylic acids is 2. The molecule has 0 radical (unpaired) electrons. The molecule has 3 saturated heterocycles. The smallest absolute Gasteiger partial charge is 0.414 e. The lowest BCUT2D eigenvalue weighted by molar-refractivity contribution is -0.132. The number of amides is 2. The highest BCUT2D eigenvalue weighted by atomic mass is 19.1. The number of hydrogen-bond acceptors (Lipinski definition) is 8. The van der Waals surface area contributed by atoms with Gasteiger partial charge >= 0.3 is 6.09 Å². The molecule has 4 atom stereocenters. The van der Waals surface area contributed by atoms with Crippen LogP contribution in [-0.2, 0) is 21.5 Å². The van der Waals surface area contributed by atoms with Crippen molar-refractivity contribution in [2.75, 3.05) is 44.2 Å². The van der Waals surface area contributed by atoms with E-state index in [1.807, 2.05) is 4.90 Å². The molecule has 2 amide bonds. The summed E-state index contributed by atoms with van der Waals surface area (Å²) in [5.41, 5.74) is 1.29. The standard InChI is InChI=1S/C30H31FN8O3/c31-26-12-21(39-15-22(42-29(39)41)14-38-11-8-34-35-38)5-6-23(26)20-4-7-27(33-13-20)30(19-32)24-16-37(17-25(24)30)28(40)18-36-9-2-1-3-10-36/h4-8,11-13,22,24-25H,1-3,9-10,14-18H2/t22-,24-,25+,30?/m0/s1. The molecule has 1 unspecified atom stereocenters. The molecule has 42 heavy (non-hydrogen) atoms. The number of aromatic nitrogens is 4. The first kappa shape index (κ1) is 26.5. The predicted octanol–water partition coefficient (Wildman–Crippen LogP) is 2.84. The van der Waals surface area contributed by atoms with E-state index >= 15 is 4.39 Å². The van der Waals surface area contributed by atoms with E-state index in [1.54, 1.807) is 47.5 Å². The molecule has 0 N–H and O–H groups in total. The zero-order chi connectivity index (χ0) is 28.8. The Kier molecular flexibility index (Phi) is 6.61. The SMILES string of the molecule is N#CC1(c2ccc(-c3ccc(N4C[C@H](Cn5ccnn5)OC4=O)cc3F)cn2)[C@@H]2CN(C(=O)CN3CCCCC3)C[C@@H]21. The number of nitrogens with zero attached hydrogens (tertiary/aromatic N) is 8. The van der Waals surface area contributed by atoms with Gasteiger partial charge in [-0.25, -0.2) is 13.9 Å². The van der Waals surface area contributed by atoms with Gasteiger partial charge in [0.2, 0.25) is 5.91 Å². The molecular weight excluding hydrogens is 539 g/mol. The van der Waals surface area contributed by atoms with Gasteiger partial charge in [0.05, 0.1) is 43.3 Å². The molecule has 216 valence electrons. The van der Waals surface area contributed by atoms with E-state index < -0.39 is 23.4 Å². The molecule has 1 saturated carbocycles. The van der Waals surface area contributed by atoms with E-state index in [2.05, 4.69) is 26.3 Å². The number of carbonyl (C=O) groups is 2. The Morgan fingerprint density at radius 3 is 2.60 bits per heavy atom. The van der Waals surface area contributed by atoms with Gasteiger partial charge in [0.15, 0.2) is 0 Å². The van der Waals surface area contributed by atoms with Crippen LogP contribution in [0.4, 0.5) is 14.9 Å². The Morgan fingerprint density at radius 2 is 1.93 bits per heavy atom. The number of fused-ring (bicyclic) bond motifs is 1. The van der Waals surface area contributed by atoms with Gasteiger partial charge in [0.25, 0.3) is 0 Å². The number of anilines is 1. The number of hydrogen-bond donors (Lipinski definition) is 0. The summed E-state index contributed by atoms with van der Waals surface area (Å²) in [5.74, 6) is -0.214. The molecule has 4 aliphatic rings. The maximum absolute atomic E-state index is 15.3. The summed E-state index contributed by atoms with van der Waals surface area (Å²) in [6, 6.07) is 10.7. The average Bonchev–Trinajstić information content (AvgIpc) is 3.51. The second kappa shape index (κ2) is 10.5. The molecule has 12 heteroatoms. The van der Waals surface area contributed by atoms with Crippen LogP contribution in [0.25, 0.3) is 11.1 Å². The largest absolute Gasteiger partial charge is 0.442 e. The van der Waals surface area contributed by atoms with E-state index in [9.17, 15) is 14.9 Å². The van der Waals surface area contributed by atoms with Crippen LogP contribution in [0.1, 0.15) is 25.0 Å². The normalized spacial score (nSPS) is 27.0. The lowest BCUT2D eigenvalue weighted by Gasteiger charge is -2.29. The van der Waals surface area contributed by atoms with E-state index in [0.29, 0.717) is 48.7 Å². The van der Waals surface area contributed by atoms with Crippen molar-refractivity contribution in [3.8, 4) is 17.2 Å². The molecule has 0 bridgehead atoms. The minimum atomic E-state index is -0.707. The van der Waals surface area contributed by atoms with E-state index in [1.165, 1.54) is 17.4 Å². The van der Waals surface area contributed by atoms with Gasteiger partial charge in [-0.15, -0.1) is 5.10 Å². The first-order chi connectivity index (χ1) is 20.5. The molecule has 3 aromatic rings. The van der Waals surface area contributed by atoms with Crippen molar-refractivity contribution in [3.63, 3.8) is 0 Å². The van der Waals surface area contributed by atoms with Crippen LogP contribution in [0, 0.1) is 29.0 Å². The van der Waals surface area contributed by atoms with Gasteiger partial charge in [-0.2, -0.15) is 5.26 Å². The first-order valence-electron chi connectivity index (χ1n) is 14.5. The summed E-state index contributed by atoms with van der Waals surface area (Å²) in [7, 11) is 0. The Morgan fingerprint density at radius 1 is 1.12 bits per heavy atom. The fourth-order valence-electron chi connectivity index (χ4n) is 6.92. The summed E-state index contributed by atoms with van der Waals surface area (Å²) in [6.07, 6.45) is 7.39. The van der Waals surface area contributed by atoms with Gasteiger partial charge in [0, 0.05) is 48.4 Å². The third-order valence-corrected chi connectivity index (χ3v) is 9.23. The number of halogens is 1. The minimum Gasteiger partial charge on any atom is -0.442 e. The van der Waals surface area contributed by atoms with Gasteiger partial charge in [-0.1, -0.05) is 17.7 Å². The van der Waals surface area contributed by atoms with Crippen LogP contribution in [-0.4, -0.2) is 87.2 Å². The van der Waals surface area contributed by atoms with Gasteiger partial charge < -0.3 is 9.64 Å². The number of ether oxygens (including phenoxy) is 1. The van der Waals surface area contributed by atoms with Crippen molar-refractivity contribution in [2.24, 2.45) is 11.8 Å². The van der Waals surface area contributed by atoms with E-state index in [0.717, 1.165) is 25.9 Å². The number of nitriles is 1. The maximum Gasteiger partial charge on any atom is 0.414 e. The third kappa shape index (κ3) is 4.58. The average molecular weight is 571 g/mol. The third-order valence-electron chi connectivity index (χ3n) is 9.23. The number of rotatable bonds is 7. The summed E-state index contributed by atoms with van der Waals surface area (Å²) in [6.45, 7) is 4.19. The Bertz CT molecular complexity index is 1520.